The summed E-state index contributed by atoms with van der Waals surface area (Å²) in [5.41, 5.74) is 2.41. The molecule has 0 saturated heterocycles. The molecule has 0 aliphatic heterocycles. The lowest BCUT2D eigenvalue weighted by molar-refractivity contribution is 0.0951. The fraction of sp³-hybridized carbons (Fsp3) is 0.250. The number of carbonyl (C=O) groups excluding carboxylic acids is 1. The minimum atomic E-state index is -0.190. The smallest absolute Gasteiger partial charge is 0.254 e. The van der Waals surface area contributed by atoms with Gasteiger partial charge in [-0.05, 0) is 24.5 Å². The lowest BCUT2D eigenvalue weighted by Crippen LogP contribution is -2.27. The second kappa shape index (κ2) is 6.53. The number of halogens is 1. The molecule has 1 heterocycles. The summed E-state index contributed by atoms with van der Waals surface area (Å²) < 4.78 is 0. The Bertz CT molecular complexity index is 599. The summed E-state index contributed by atoms with van der Waals surface area (Å²) in [5.74, 6) is 0.0580. The molecule has 4 heteroatoms. The van der Waals surface area contributed by atoms with Gasteiger partial charge in [-0.2, -0.15) is 0 Å². The van der Waals surface area contributed by atoms with Crippen molar-refractivity contribution < 1.29 is 4.79 Å². The molecule has 20 heavy (non-hydrogen) atoms. The van der Waals surface area contributed by atoms with E-state index in [-0.39, 0.29) is 11.8 Å². The van der Waals surface area contributed by atoms with Crippen LogP contribution < -0.4 is 5.32 Å². The molecular formula is C16H17ClN2O. The predicted molar refractivity (Wildman–Crippen MR) is 81.2 cm³/mol. The zero-order valence-corrected chi connectivity index (χ0v) is 12.3. The molecule has 0 aliphatic rings. The molecule has 1 aromatic carbocycles. The van der Waals surface area contributed by atoms with Crippen LogP contribution in [0.1, 0.15) is 34.5 Å². The van der Waals surface area contributed by atoms with Gasteiger partial charge in [0.1, 0.15) is 0 Å². The van der Waals surface area contributed by atoms with Crippen LogP contribution in [0.15, 0.2) is 42.6 Å². The maximum Gasteiger partial charge on any atom is 0.254 e. The third-order valence-electron chi connectivity index (χ3n) is 3.17. The number of aryl methyl sites for hydroxylation is 1. The highest BCUT2D eigenvalue weighted by atomic mass is 35.5. The van der Waals surface area contributed by atoms with E-state index >= 15 is 0 Å². The number of carbonyl (C=O) groups is 1. The third-order valence-corrected chi connectivity index (χ3v) is 3.48. The molecule has 1 N–H and O–H groups in total. The topological polar surface area (TPSA) is 42.0 Å². The van der Waals surface area contributed by atoms with Crippen LogP contribution in [-0.4, -0.2) is 17.4 Å². The average Bonchev–Trinajstić information content (AvgIpc) is 2.45. The minimum Gasteiger partial charge on any atom is -0.351 e. The molecule has 1 aromatic heterocycles. The molecule has 0 saturated carbocycles. The summed E-state index contributed by atoms with van der Waals surface area (Å²) in [5, 5.41) is 3.33. The van der Waals surface area contributed by atoms with Gasteiger partial charge in [-0.25, -0.2) is 0 Å². The number of aromatic nitrogens is 1. The maximum atomic E-state index is 12.1. The van der Waals surface area contributed by atoms with E-state index < -0.39 is 0 Å². The molecule has 0 spiro atoms. The summed E-state index contributed by atoms with van der Waals surface area (Å²) in [6.45, 7) is 4.47. The molecule has 0 fully saturated rings. The molecule has 0 radical (unpaired) electrons. The van der Waals surface area contributed by atoms with E-state index in [9.17, 15) is 4.79 Å². The summed E-state index contributed by atoms with van der Waals surface area (Å²) in [6, 6.07) is 11.8. The monoisotopic (exact) mass is 288 g/mol. The lowest BCUT2D eigenvalue weighted by atomic mass is 10.0. The molecule has 2 aromatic rings. The predicted octanol–water partition coefficient (Wildman–Crippen LogP) is 3.58. The Morgan fingerprint density at radius 3 is 2.70 bits per heavy atom. The maximum absolute atomic E-state index is 12.1. The first kappa shape index (κ1) is 14.5. The van der Waals surface area contributed by atoms with E-state index in [0.29, 0.717) is 17.1 Å². The fourth-order valence-electron chi connectivity index (χ4n) is 1.93. The third kappa shape index (κ3) is 3.58. The standard InChI is InChI=1S/C16H17ClN2O/c1-11(13-6-4-3-5-7-13)9-19-16(20)14-10-18-12(2)8-15(14)17/h3-8,10-11H,9H2,1-2H3,(H,19,20). The SMILES string of the molecule is Cc1cc(Cl)c(C(=O)NCC(C)c2ccccc2)cn1. The van der Waals surface area contributed by atoms with Crippen molar-refractivity contribution in [2.45, 2.75) is 19.8 Å². The summed E-state index contributed by atoms with van der Waals surface area (Å²) >= 11 is 6.06. The number of nitrogens with zero attached hydrogens (tertiary/aromatic N) is 1. The van der Waals surface area contributed by atoms with Crippen LogP contribution in [0.3, 0.4) is 0 Å². The van der Waals surface area contributed by atoms with Crippen LogP contribution in [0, 0.1) is 6.92 Å². The zero-order valence-electron chi connectivity index (χ0n) is 11.6. The van der Waals surface area contributed by atoms with E-state index in [1.165, 1.54) is 11.8 Å². The van der Waals surface area contributed by atoms with Gasteiger partial charge in [0.25, 0.3) is 5.91 Å². The molecule has 2 rings (SSSR count). The molecule has 0 bridgehead atoms. The van der Waals surface area contributed by atoms with E-state index in [1.54, 1.807) is 6.07 Å². The molecular weight excluding hydrogens is 272 g/mol. The van der Waals surface area contributed by atoms with Gasteiger partial charge in [0.15, 0.2) is 0 Å². The quantitative estimate of drug-likeness (QED) is 0.934. The van der Waals surface area contributed by atoms with Crippen molar-refractivity contribution in [2.24, 2.45) is 0 Å². The van der Waals surface area contributed by atoms with Crippen molar-refractivity contribution in [1.82, 2.24) is 10.3 Å². The van der Waals surface area contributed by atoms with Gasteiger partial charge >= 0.3 is 0 Å². The second-order valence-electron chi connectivity index (χ2n) is 4.83. The van der Waals surface area contributed by atoms with Gasteiger partial charge in [-0.3, -0.25) is 9.78 Å². The Labute approximate surface area is 124 Å². The van der Waals surface area contributed by atoms with E-state index in [1.807, 2.05) is 25.1 Å². The Morgan fingerprint density at radius 1 is 1.35 bits per heavy atom. The van der Waals surface area contributed by atoms with Gasteiger partial charge < -0.3 is 5.32 Å². The van der Waals surface area contributed by atoms with E-state index in [2.05, 4.69) is 29.4 Å². The number of pyridine rings is 1. The lowest BCUT2D eigenvalue weighted by Gasteiger charge is -2.13. The Balaban J connectivity index is 1.99. The first-order valence-electron chi connectivity index (χ1n) is 6.53. The average molecular weight is 289 g/mol. The van der Waals surface area contributed by atoms with Crippen molar-refractivity contribution in [3.05, 3.63) is 64.4 Å². The first-order valence-corrected chi connectivity index (χ1v) is 6.91. The van der Waals surface area contributed by atoms with E-state index in [0.717, 1.165) is 5.69 Å². The number of rotatable bonds is 4. The Kier molecular flexibility index (Phi) is 4.74. The van der Waals surface area contributed by atoms with Crippen LogP contribution in [-0.2, 0) is 0 Å². The van der Waals surface area contributed by atoms with Gasteiger partial charge in [0.05, 0.1) is 10.6 Å². The van der Waals surface area contributed by atoms with Crippen LogP contribution in [0.2, 0.25) is 5.02 Å². The Hall–Kier alpha value is -1.87. The van der Waals surface area contributed by atoms with Gasteiger partial charge in [-0.1, -0.05) is 48.9 Å². The van der Waals surface area contributed by atoms with Crippen LogP contribution >= 0.6 is 11.6 Å². The van der Waals surface area contributed by atoms with Gasteiger partial charge in [0, 0.05) is 18.4 Å². The van der Waals surface area contributed by atoms with Crippen LogP contribution in [0.4, 0.5) is 0 Å². The fourth-order valence-corrected chi connectivity index (χ4v) is 2.23. The Morgan fingerprint density at radius 2 is 2.05 bits per heavy atom. The molecule has 104 valence electrons. The van der Waals surface area contributed by atoms with Crippen LogP contribution in [0.25, 0.3) is 0 Å². The molecule has 1 amide bonds. The molecule has 1 atom stereocenters. The van der Waals surface area contributed by atoms with Gasteiger partial charge in [-0.15, -0.1) is 0 Å². The van der Waals surface area contributed by atoms with E-state index in [4.69, 9.17) is 11.6 Å². The minimum absolute atomic E-state index is 0.190. The number of benzene rings is 1. The normalized spacial score (nSPS) is 11.9. The molecule has 3 nitrogen and oxygen atoms in total. The number of nitrogens with one attached hydrogen (secondary N) is 1. The molecule has 0 aliphatic carbocycles. The number of amides is 1. The number of hydrogen-bond acceptors (Lipinski definition) is 2. The van der Waals surface area contributed by atoms with Crippen LogP contribution in [0.5, 0.6) is 0 Å². The van der Waals surface area contributed by atoms with Gasteiger partial charge in [0.2, 0.25) is 0 Å². The van der Waals surface area contributed by atoms with Crippen molar-refractivity contribution in [1.29, 1.82) is 0 Å². The highest BCUT2D eigenvalue weighted by Crippen LogP contribution is 2.17. The first-order chi connectivity index (χ1) is 9.58. The van der Waals surface area contributed by atoms with Crippen molar-refractivity contribution in [3.8, 4) is 0 Å². The highest BCUT2D eigenvalue weighted by molar-refractivity contribution is 6.33. The largest absolute Gasteiger partial charge is 0.351 e. The summed E-state index contributed by atoms with van der Waals surface area (Å²) in [6.07, 6.45) is 1.51. The zero-order chi connectivity index (χ0) is 14.5. The summed E-state index contributed by atoms with van der Waals surface area (Å²) in [7, 11) is 0. The summed E-state index contributed by atoms with van der Waals surface area (Å²) in [4.78, 5) is 16.2. The van der Waals surface area contributed by atoms with Crippen molar-refractivity contribution >= 4 is 17.5 Å². The molecule has 1 unspecified atom stereocenters. The van der Waals surface area contributed by atoms with Crippen molar-refractivity contribution in [2.75, 3.05) is 6.54 Å². The highest BCUT2D eigenvalue weighted by Gasteiger charge is 2.12. The second-order valence-corrected chi connectivity index (χ2v) is 5.23. The number of hydrogen-bond donors (Lipinski definition) is 1. The van der Waals surface area contributed by atoms with Crippen molar-refractivity contribution in [3.63, 3.8) is 0 Å².